The fourth-order valence-corrected chi connectivity index (χ4v) is 9.72. The lowest BCUT2D eigenvalue weighted by molar-refractivity contribution is -0.614. The second kappa shape index (κ2) is 5.87. The van der Waals surface area contributed by atoms with Gasteiger partial charge >= 0.3 is 5.97 Å². The number of hydrogen-bond acceptors (Lipinski definition) is 7. The molecule has 1 aromatic carbocycles. The average molecular weight is 523 g/mol. The number of nitrogens with one attached hydrogen (secondary N) is 1. The number of carbonyl (C=O) groups excluding carboxylic acids is 1. The van der Waals surface area contributed by atoms with E-state index in [0.29, 0.717) is 42.1 Å². The Bertz CT molecular complexity index is 1380. The molecular formula is C25H23BrN4O4. The molecule has 6 aliphatic carbocycles. The van der Waals surface area contributed by atoms with Crippen molar-refractivity contribution in [3.05, 3.63) is 46.6 Å². The summed E-state index contributed by atoms with van der Waals surface area (Å²) in [6.07, 6.45) is 3.84. The summed E-state index contributed by atoms with van der Waals surface area (Å²) in [5.41, 5.74) is 1.97. The normalized spacial score (nSPS) is 38.5. The molecule has 0 atom stereocenters. The van der Waals surface area contributed by atoms with E-state index in [4.69, 9.17) is 19.2 Å². The number of hydrogen-bond donors (Lipinski definition) is 1. The molecule has 6 aliphatic rings. The maximum Gasteiger partial charge on any atom is 0.312 e. The number of benzene rings is 1. The van der Waals surface area contributed by atoms with Gasteiger partial charge in [0, 0.05) is 36.0 Å². The van der Waals surface area contributed by atoms with Gasteiger partial charge in [0.25, 0.3) is 0 Å². The second-order valence-corrected chi connectivity index (χ2v) is 11.0. The fraction of sp³-hybridized carbons (Fsp3) is 0.480. The molecule has 2 aromatic heterocycles. The summed E-state index contributed by atoms with van der Waals surface area (Å²) in [5.74, 6) is 6.72. The average Bonchev–Trinajstić information content (AvgIpc) is 3.23. The van der Waals surface area contributed by atoms with Gasteiger partial charge in [0.15, 0.2) is 5.82 Å². The number of imidazole rings is 1. The molecule has 6 saturated carbocycles. The van der Waals surface area contributed by atoms with Crippen LogP contribution in [0.2, 0.25) is 0 Å². The van der Waals surface area contributed by atoms with Crippen molar-refractivity contribution in [1.82, 2.24) is 14.4 Å². The van der Waals surface area contributed by atoms with Crippen LogP contribution in [0.25, 0.3) is 5.52 Å². The molecule has 0 amide bonds. The van der Waals surface area contributed by atoms with E-state index in [1.54, 1.807) is 14.2 Å². The summed E-state index contributed by atoms with van der Waals surface area (Å²) in [7, 11) is 4.83. The Morgan fingerprint density at radius 3 is 2.50 bits per heavy atom. The number of esters is 1. The van der Waals surface area contributed by atoms with Crippen molar-refractivity contribution >= 4 is 33.2 Å². The summed E-state index contributed by atoms with van der Waals surface area (Å²) in [5, 5.41) is 3.48. The van der Waals surface area contributed by atoms with Gasteiger partial charge in [0.05, 0.1) is 26.7 Å². The molecule has 0 unspecified atom stereocenters. The SMILES string of the molecule is COC(=O)C12C3C4C1C1C2C3C41c1nc(Br)c2c(NCc3ccc(OC)cc3OC)nccn12. The number of nitrogens with zero attached hydrogens (tertiary/aromatic N) is 3. The van der Waals surface area contributed by atoms with Crippen LogP contribution in [-0.4, -0.2) is 41.7 Å². The van der Waals surface area contributed by atoms with Crippen LogP contribution in [0.15, 0.2) is 35.2 Å². The first-order valence-corrected chi connectivity index (χ1v) is 12.4. The number of ether oxygens (including phenoxy) is 3. The van der Waals surface area contributed by atoms with Crippen molar-refractivity contribution in [2.24, 2.45) is 40.9 Å². The smallest absolute Gasteiger partial charge is 0.312 e. The van der Waals surface area contributed by atoms with Crippen molar-refractivity contribution in [1.29, 1.82) is 0 Å². The molecule has 0 bridgehead atoms. The van der Waals surface area contributed by atoms with Gasteiger partial charge in [-0.1, -0.05) is 0 Å². The maximum absolute atomic E-state index is 12.5. The van der Waals surface area contributed by atoms with Gasteiger partial charge in [-0.2, -0.15) is 0 Å². The van der Waals surface area contributed by atoms with Crippen molar-refractivity contribution in [3.8, 4) is 11.5 Å². The van der Waals surface area contributed by atoms with Crippen LogP contribution in [0.3, 0.4) is 0 Å². The first-order chi connectivity index (χ1) is 16.6. The van der Waals surface area contributed by atoms with E-state index in [1.807, 2.05) is 30.6 Å². The first-order valence-electron chi connectivity index (χ1n) is 11.6. The van der Waals surface area contributed by atoms with Crippen molar-refractivity contribution in [2.75, 3.05) is 26.6 Å². The van der Waals surface area contributed by atoms with Crippen LogP contribution in [-0.2, 0) is 21.5 Å². The lowest BCUT2D eigenvalue weighted by atomic mass is 8.92. The first kappa shape index (κ1) is 19.5. The highest BCUT2D eigenvalue weighted by atomic mass is 79.9. The molecule has 0 radical (unpaired) electrons. The molecule has 8 nitrogen and oxygen atoms in total. The third-order valence-corrected chi connectivity index (χ3v) is 10.6. The zero-order valence-corrected chi connectivity index (χ0v) is 20.5. The summed E-state index contributed by atoms with van der Waals surface area (Å²) in [6.45, 7) is 0.555. The fourth-order valence-electron chi connectivity index (χ4n) is 9.17. The number of aromatic nitrogens is 3. The molecular weight excluding hydrogens is 500 g/mol. The zero-order valence-electron chi connectivity index (χ0n) is 18.9. The highest BCUT2D eigenvalue weighted by molar-refractivity contribution is 9.10. The monoisotopic (exact) mass is 522 g/mol. The molecule has 1 N–H and O–H groups in total. The van der Waals surface area contributed by atoms with E-state index in [2.05, 4.69) is 30.6 Å². The minimum atomic E-state index is -0.132. The van der Waals surface area contributed by atoms with Gasteiger partial charge in [-0.3, -0.25) is 9.20 Å². The van der Waals surface area contributed by atoms with Crippen molar-refractivity contribution < 1.29 is 19.0 Å². The van der Waals surface area contributed by atoms with E-state index >= 15 is 0 Å². The van der Waals surface area contributed by atoms with Gasteiger partial charge in [-0.25, -0.2) is 9.97 Å². The Kier molecular flexibility index (Phi) is 3.37. The molecule has 6 fully saturated rings. The number of rotatable bonds is 7. The Hall–Kier alpha value is -2.81. The number of halogens is 1. The molecule has 34 heavy (non-hydrogen) atoms. The molecule has 0 aliphatic heterocycles. The number of anilines is 1. The van der Waals surface area contributed by atoms with E-state index < -0.39 is 0 Å². The van der Waals surface area contributed by atoms with Crippen LogP contribution in [0, 0.1) is 40.9 Å². The van der Waals surface area contributed by atoms with Gasteiger partial charge in [0.1, 0.15) is 27.4 Å². The standard InChI is InChI=1S/C25H23BrN4O4/c1-32-11-5-4-10(12(8-11)33-2)9-28-21-19-20(26)29-22(30(19)7-6-27-21)24-13-16-14(24)18-15(24)17(13)25(16,18)23(31)34-3/h4-8,13-18H,9H2,1-3H3,(H,27,28). The van der Waals surface area contributed by atoms with E-state index in [9.17, 15) is 4.79 Å². The van der Waals surface area contributed by atoms with Gasteiger partial charge in [0.2, 0.25) is 0 Å². The summed E-state index contributed by atoms with van der Waals surface area (Å²) < 4.78 is 19.0. The lowest BCUT2D eigenvalue weighted by Gasteiger charge is -3.09. The molecule has 9 heteroatoms. The van der Waals surface area contributed by atoms with Gasteiger partial charge < -0.3 is 19.5 Å². The van der Waals surface area contributed by atoms with Gasteiger partial charge in [-0.05, 0) is 63.6 Å². The highest BCUT2D eigenvalue weighted by Gasteiger charge is 3.12. The highest BCUT2D eigenvalue weighted by Crippen LogP contribution is 3.09. The largest absolute Gasteiger partial charge is 0.497 e. The van der Waals surface area contributed by atoms with Crippen LogP contribution in [0.1, 0.15) is 11.4 Å². The third kappa shape index (κ3) is 1.63. The number of methoxy groups -OCH3 is 3. The maximum atomic E-state index is 12.5. The van der Waals surface area contributed by atoms with E-state index in [1.165, 1.54) is 7.11 Å². The Labute approximate surface area is 204 Å². The van der Waals surface area contributed by atoms with Crippen LogP contribution < -0.4 is 14.8 Å². The minimum absolute atomic E-state index is 0.0309. The predicted molar refractivity (Wildman–Crippen MR) is 125 cm³/mol. The van der Waals surface area contributed by atoms with Crippen LogP contribution in [0.5, 0.6) is 11.5 Å². The number of fused-ring (bicyclic) bond motifs is 1. The Morgan fingerprint density at radius 1 is 1.12 bits per heavy atom. The second-order valence-electron chi connectivity index (χ2n) is 10.3. The van der Waals surface area contributed by atoms with Crippen LogP contribution in [0.4, 0.5) is 5.82 Å². The minimum Gasteiger partial charge on any atom is -0.497 e. The summed E-state index contributed by atoms with van der Waals surface area (Å²) >= 11 is 3.72. The molecule has 3 aromatic rings. The van der Waals surface area contributed by atoms with E-state index in [0.717, 1.165) is 38.8 Å². The van der Waals surface area contributed by atoms with Gasteiger partial charge in [-0.15, -0.1) is 0 Å². The molecule has 2 heterocycles. The van der Waals surface area contributed by atoms with Crippen LogP contribution >= 0.6 is 15.9 Å². The topological polar surface area (TPSA) is 87.0 Å². The predicted octanol–water partition coefficient (Wildman–Crippen LogP) is 3.28. The molecule has 0 spiro atoms. The summed E-state index contributed by atoms with van der Waals surface area (Å²) in [6, 6.07) is 5.80. The molecule has 9 rings (SSSR count). The van der Waals surface area contributed by atoms with Crippen molar-refractivity contribution in [3.63, 3.8) is 0 Å². The molecule has 174 valence electrons. The lowest BCUT2D eigenvalue weighted by Crippen LogP contribution is -3.12. The Balaban J connectivity index is 1.12. The quantitative estimate of drug-likeness (QED) is 0.476. The zero-order chi connectivity index (χ0) is 23.1. The third-order valence-electron chi connectivity index (χ3n) is 10.0. The van der Waals surface area contributed by atoms with E-state index in [-0.39, 0.29) is 16.8 Å². The van der Waals surface area contributed by atoms with Crippen molar-refractivity contribution in [2.45, 2.75) is 12.0 Å². The molecule has 0 saturated heterocycles. The Morgan fingerprint density at radius 2 is 1.85 bits per heavy atom. The number of carbonyl (C=O) groups is 1. The summed E-state index contributed by atoms with van der Waals surface area (Å²) in [4.78, 5) is 22.1.